The minimum absolute atomic E-state index is 0.207. The van der Waals surface area contributed by atoms with Crippen LogP contribution in [0.5, 0.6) is 0 Å². The van der Waals surface area contributed by atoms with Crippen molar-refractivity contribution in [3.05, 3.63) is 64.2 Å². The Labute approximate surface area is 135 Å². The van der Waals surface area contributed by atoms with Crippen LogP contribution in [0.1, 0.15) is 22.7 Å². The number of nitrogens with one attached hydrogen (secondary N) is 2. The van der Waals surface area contributed by atoms with Gasteiger partial charge in [0.05, 0.1) is 6.04 Å². The van der Waals surface area contributed by atoms with Crippen LogP contribution >= 0.6 is 23.4 Å². The third kappa shape index (κ3) is 3.27. The van der Waals surface area contributed by atoms with Crippen LogP contribution in [0.2, 0.25) is 5.02 Å². The fourth-order valence-electron chi connectivity index (χ4n) is 2.71. The van der Waals surface area contributed by atoms with E-state index in [0.29, 0.717) is 0 Å². The van der Waals surface area contributed by atoms with Crippen LogP contribution in [0, 0.1) is 0 Å². The highest BCUT2D eigenvalue weighted by atomic mass is 35.5. The first kappa shape index (κ1) is 14.9. The predicted octanol–water partition coefficient (Wildman–Crippen LogP) is 3.84. The van der Waals surface area contributed by atoms with Gasteiger partial charge in [-0.1, -0.05) is 35.9 Å². The molecule has 2 N–H and O–H groups in total. The van der Waals surface area contributed by atoms with E-state index in [0.717, 1.165) is 23.9 Å². The lowest BCUT2D eigenvalue weighted by Gasteiger charge is -2.21. The molecular weight excluding hydrogens is 300 g/mol. The van der Waals surface area contributed by atoms with E-state index in [1.807, 2.05) is 24.9 Å². The van der Waals surface area contributed by atoms with Gasteiger partial charge < -0.3 is 10.6 Å². The lowest BCUT2D eigenvalue weighted by atomic mass is 9.95. The molecule has 110 valence electrons. The summed E-state index contributed by atoms with van der Waals surface area (Å²) in [5, 5.41) is 7.66. The summed E-state index contributed by atoms with van der Waals surface area (Å²) >= 11 is 8.12. The molecule has 0 aliphatic carbocycles. The van der Waals surface area contributed by atoms with E-state index in [2.05, 4.69) is 47.0 Å². The fourth-order valence-corrected chi connectivity index (χ4v) is 3.97. The fraction of sp³-hybridized carbons (Fsp3) is 0.294. The number of hydrogen-bond donors (Lipinski definition) is 2. The number of benzene rings is 2. The molecule has 0 unspecified atom stereocenters. The standard InChI is InChI=1S/C17H19ClN2S/c1-19-8-9-20-17-14-5-3-2-4-12(14)11-21-16-7-6-13(18)10-15(16)17/h2-7,10,17,19-20H,8-9,11H2,1H3/t17-/m1/s1. The van der Waals surface area contributed by atoms with Gasteiger partial charge in [0.15, 0.2) is 0 Å². The Kier molecular flexibility index (Phi) is 4.86. The van der Waals surface area contributed by atoms with Gasteiger partial charge in [0.1, 0.15) is 0 Å². The first-order valence-electron chi connectivity index (χ1n) is 7.17. The van der Waals surface area contributed by atoms with E-state index in [1.165, 1.54) is 21.6 Å². The Hall–Kier alpha value is -1.00. The molecule has 21 heavy (non-hydrogen) atoms. The third-order valence-electron chi connectivity index (χ3n) is 3.76. The molecule has 1 aliphatic heterocycles. The molecule has 1 heterocycles. The molecule has 0 bridgehead atoms. The first-order chi connectivity index (χ1) is 10.3. The average Bonchev–Trinajstić information content (AvgIpc) is 2.65. The quantitative estimate of drug-likeness (QED) is 0.837. The van der Waals surface area contributed by atoms with Crippen molar-refractivity contribution >= 4 is 23.4 Å². The number of likely N-dealkylation sites (N-methyl/N-ethyl adjacent to an activating group) is 1. The molecule has 4 heteroatoms. The van der Waals surface area contributed by atoms with Gasteiger partial charge in [0.25, 0.3) is 0 Å². The molecule has 3 rings (SSSR count). The second-order valence-corrected chi connectivity index (χ2v) is 6.61. The molecule has 1 atom stereocenters. The molecule has 0 spiro atoms. The van der Waals surface area contributed by atoms with Gasteiger partial charge in [0, 0.05) is 28.8 Å². The van der Waals surface area contributed by atoms with Crippen LogP contribution in [0.15, 0.2) is 47.4 Å². The lowest BCUT2D eigenvalue weighted by molar-refractivity contribution is 0.580. The summed E-state index contributed by atoms with van der Waals surface area (Å²) in [5.41, 5.74) is 4.05. The summed E-state index contributed by atoms with van der Waals surface area (Å²) in [7, 11) is 1.98. The maximum absolute atomic E-state index is 6.23. The van der Waals surface area contributed by atoms with Gasteiger partial charge in [-0.3, -0.25) is 0 Å². The topological polar surface area (TPSA) is 24.1 Å². The van der Waals surface area contributed by atoms with E-state index < -0.39 is 0 Å². The Morgan fingerprint density at radius 1 is 1.14 bits per heavy atom. The second kappa shape index (κ2) is 6.84. The minimum Gasteiger partial charge on any atom is -0.318 e. The highest BCUT2D eigenvalue weighted by molar-refractivity contribution is 7.98. The van der Waals surface area contributed by atoms with Crippen LogP contribution in [-0.4, -0.2) is 20.1 Å². The van der Waals surface area contributed by atoms with Crippen LogP contribution in [0.4, 0.5) is 0 Å². The smallest absolute Gasteiger partial charge is 0.0591 e. The number of halogens is 1. The van der Waals surface area contributed by atoms with E-state index >= 15 is 0 Å². The van der Waals surface area contributed by atoms with E-state index in [9.17, 15) is 0 Å². The van der Waals surface area contributed by atoms with Gasteiger partial charge in [-0.2, -0.15) is 0 Å². The zero-order valence-electron chi connectivity index (χ0n) is 12.0. The number of thioether (sulfide) groups is 1. The van der Waals surface area contributed by atoms with Crippen molar-refractivity contribution in [3.63, 3.8) is 0 Å². The van der Waals surface area contributed by atoms with Crippen LogP contribution in [0.25, 0.3) is 0 Å². The van der Waals surface area contributed by atoms with Crippen molar-refractivity contribution in [3.8, 4) is 0 Å². The van der Waals surface area contributed by atoms with Crippen molar-refractivity contribution < 1.29 is 0 Å². The second-order valence-electron chi connectivity index (χ2n) is 5.16. The van der Waals surface area contributed by atoms with Crippen molar-refractivity contribution in [2.45, 2.75) is 16.7 Å². The summed E-state index contributed by atoms with van der Waals surface area (Å²) in [5.74, 6) is 1.01. The number of rotatable bonds is 4. The van der Waals surface area contributed by atoms with Crippen molar-refractivity contribution in [2.75, 3.05) is 20.1 Å². The Morgan fingerprint density at radius 2 is 2.00 bits per heavy atom. The minimum atomic E-state index is 0.207. The lowest BCUT2D eigenvalue weighted by Crippen LogP contribution is -2.29. The van der Waals surface area contributed by atoms with Gasteiger partial charge in [-0.25, -0.2) is 0 Å². The molecule has 0 saturated carbocycles. The average molecular weight is 319 g/mol. The van der Waals surface area contributed by atoms with Crippen molar-refractivity contribution in [1.82, 2.24) is 10.6 Å². The maximum atomic E-state index is 6.23. The summed E-state index contributed by atoms with van der Waals surface area (Å²) in [6.07, 6.45) is 0. The molecular formula is C17H19ClN2S. The summed E-state index contributed by atoms with van der Waals surface area (Å²) < 4.78 is 0. The van der Waals surface area contributed by atoms with Gasteiger partial charge in [0.2, 0.25) is 0 Å². The predicted molar refractivity (Wildman–Crippen MR) is 91.2 cm³/mol. The Bertz CT molecular complexity index is 630. The molecule has 2 aromatic rings. The monoisotopic (exact) mass is 318 g/mol. The van der Waals surface area contributed by atoms with Gasteiger partial charge in [-0.05, 0) is 41.9 Å². The van der Waals surface area contributed by atoms with Crippen LogP contribution in [-0.2, 0) is 5.75 Å². The third-order valence-corrected chi connectivity index (χ3v) is 5.13. The largest absolute Gasteiger partial charge is 0.318 e. The van der Waals surface area contributed by atoms with Crippen molar-refractivity contribution in [1.29, 1.82) is 0 Å². The number of fused-ring (bicyclic) bond motifs is 2. The molecule has 0 saturated heterocycles. The molecule has 0 fully saturated rings. The van der Waals surface area contributed by atoms with E-state index in [1.54, 1.807) is 0 Å². The molecule has 0 aromatic heterocycles. The van der Waals surface area contributed by atoms with Crippen LogP contribution < -0.4 is 10.6 Å². The van der Waals surface area contributed by atoms with Gasteiger partial charge in [-0.15, -0.1) is 11.8 Å². The Balaban J connectivity index is 2.03. The molecule has 0 radical (unpaired) electrons. The highest BCUT2D eigenvalue weighted by Gasteiger charge is 2.23. The normalized spacial score (nSPS) is 17.0. The van der Waals surface area contributed by atoms with E-state index in [-0.39, 0.29) is 6.04 Å². The SMILES string of the molecule is CNCCN[C@@H]1c2ccccc2CSc2ccc(Cl)cc21. The summed E-state index contributed by atoms with van der Waals surface area (Å²) in [6, 6.07) is 15.1. The molecule has 1 aliphatic rings. The van der Waals surface area contributed by atoms with Crippen LogP contribution in [0.3, 0.4) is 0 Å². The number of hydrogen-bond acceptors (Lipinski definition) is 3. The van der Waals surface area contributed by atoms with E-state index in [4.69, 9.17) is 11.6 Å². The summed E-state index contributed by atoms with van der Waals surface area (Å²) in [6.45, 7) is 1.87. The van der Waals surface area contributed by atoms with Gasteiger partial charge >= 0.3 is 0 Å². The zero-order chi connectivity index (χ0) is 14.7. The first-order valence-corrected chi connectivity index (χ1v) is 8.54. The van der Waals surface area contributed by atoms with Crippen molar-refractivity contribution in [2.24, 2.45) is 0 Å². The molecule has 2 nitrogen and oxygen atoms in total. The summed E-state index contributed by atoms with van der Waals surface area (Å²) in [4.78, 5) is 1.32. The maximum Gasteiger partial charge on any atom is 0.0591 e. The molecule has 2 aromatic carbocycles. The molecule has 0 amide bonds. The highest BCUT2D eigenvalue weighted by Crippen LogP contribution is 2.40. The zero-order valence-corrected chi connectivity index (χ0v) is 13.6. The Morgan fingerprint density at radius 3 is 2.86 bits per heavy atom.